The van der Waals surface area contributed by atoms with Gasteiger partial charge in [-0.1, -0.05) is 32.4 Å². The molecular weight excluding hydrogens is 303 g/mol. The maximum atomic E-state index is 12.9. The summed E-state index contributed by atoms with van der Waals surface area (Å²) in [6.45, 7) is 6.31. The first kappa shape index (κ1) is 16.3. The molecule has 21 heavy (non-hydrogen) atoms. The lowest BCUT2D eigenvalue weighted by molar-refractivity contribution is -0.176. The van der Waals surface area contributed by atoms with Crippen LogP contribution in [0.15, 0.2) is 6.07 Å². The summed E-state index contributed by atoms with van der Waals surface area (Å²) in [5.41, 5.74) is -0.307. The molecule has 2 heterocycles. The number of halogens is 4. The Kier molecular flexibility index (Phi) is 4.38. The van der Waals surface area contributed by atoms with Crippen LogP contribution in [0.1, 0.15) is 39.4 Å². The average Bonchev–Trinajstić information content (AvgIpc) is 2.36. The molecule has 0 amide bonds. The van der Waals surface area contributed by atoms with Crippen LogP contribution in [-0.4, -0.2) is 29.2 Å². The lowest BCUT2D eigenvalue weighted by Crippen LogP contribution is -2.42. The van der Waals surface area contributed by atoms with Gasteiger partial charge >= 0.3 is 6.18 Å². The molecule has 1 saturated heterocycles. The van der Waals surface area contributed by atoms with Crippen LogP contribution in [-0.2, 0) is 5.41 Å². The van der Waals surface area contributed by atoms with Gasteiger partial charge in [-0.05, 0) is 12.8 Å². The largest absolute Gasteiger partial charge is 0.393 e. The van der Waals surface area contributed by atoms with Crippen molar-refractivity contribution in [1.29, 1.82) is 0 Å². The number of piperidine rings is 1. The molecule has 1 unspecified atom stereocenters. The fourth-order valence-electron chi connectivity index (χ4n) is 2.36. The highest BCUT2D eigenvalue weighted by Gasteiger charge is 2.42. The van der Waals surface area contributed by atoms with Crippen molar-refractivity contribution in [2.24, 2.45) is 5.92 Å². The van der Waals surface area contributed by atoms with Crippen LogP contribution in [0.5, 0.6) is 0 Å². The molecule has 3 nitrogen and oxygen atoms in total. The molecule has 1 atom stereocenters. The van der Waals surface area contributed by atoms with Crippen molar-refractivity contribution in [2.75, 3.05) is 18.0 Å². The number of aromatic nitrogens is 2. The second kappa shape index (κ2) is 5.63. The summed E-state index contributed by atoms with van der Waals surface area (Å²) < 4.78 is 38.7. The minimum Gasteiger partial charge on any atom is -0.356 e. The number of rotatable bonds is 1. The maximum Gasteiger partial charge on any atom is 0.393 e. The molecule has 0 aliphatic carbocycles. The Balaban J connectivity index is 2.27. The van der Waals surface area contributed by atoms with Crippen molar-refractivity contribution in [3.05, 3.63) is 17.0 Å². The summed E-state index contributed by atoms with van der Waals surface area (Å²) in [6, 6.07) is 1.54. The van der Waals surface area contributed by atoms with Crippen LogP contribution in [0.4, 0.5) is 19.0 Å². The molecule has 0 bridgehead atoms. The van der Waals surface area contributed by atoms with Gasteiger partial charge in [0.1, 0.15) is 16.8 Å². The summed E-state index contributed by atoms with van der Waals surface area (Å²) in [5, 5.41) is 0.263. The van der Waals surface area contributed by atoms with Gasteiger partial charge in [-0.15, -0.1) is 0 Å². The van der Waals surface area contributed by atoms with Gasteiger partial charge in [0.15, 0.2) is 0 Å². The van der Waals surface area contributed by atoms with E-state index in [1.54, 1.807) is 4.90 Å². The number of alkyl halides is 3. The Morgan fingerprint density at radius 1 is 1.24 bits per heavy atom. The lowest BCUT2D eigenvalue weighted by atomic mass is 9.95. The first-order valence-corrected chi connectivity index (χ1v) is 7.32. The van der Waals surface area contributed by atoms with E-state index in [9.17, 15) is 13.2 Å². The van der Waals surface area contributed by atoms with Crippen molar-refractivity contribution in [1.82, 2.24) is 9.97 Å². The van der Waals surface area contributed by atoms with E-state index in [1.165, 1.54) is 6.07 Å². The van der Waals surface area contributed by atoms with Crippen molar-refractivity contribution in [3.63, 3.8) is 0 Å². The van der Waals surface area contributed by atoms with E-state index >= 15 is 0 Å². The molecule has 118 valence electrons. The Labute approximate surface area is 127 Å². The van der Waals surface area contributed by atoms with Crippen LogP contribution in [0.25, 0.3) is 0 Å². The molecular formula is C14H19ClF3N3. The summed E-state index contributed by atoms with van der Waals surface area (Å²) in [6.07, 6.45) is -3.50. The Hall–Kier alpha value is -1.04. The van der Waals surface area contributed by atoms with E-state index in [2.05, 4.69) is 9.97 Å². The van der Waals surface area contributed by atoms with E-state index in [0.717, 1.165) is 0 Å². The molecule has 1 aromatic heterocycles. The Morgan fingerprint density at radius 3 is 2.48 bits per heavy atom. The molecule has 0 radical (unpaired) electrons. The van der Waals surface area contributed by atoms with Crippen LogP contribution in [0, 0.1) is 5.92 Å². The molecule has 1 aliphatic rings. The molecule has 2 rings (SSSR count). The van der Waals surface area contributed by atoms with Crippen molar-refractivity contribution in [2.45, 2.75) is 45.2 Å². The highest BCUT2D eigenvalue weighted by atomic mass is 35.5. The second-order valence-corrected chi connectivity index (χ2v) is 6.84. The SMILES string of the molecule is CC(C)(C)c1nc(Cl)cc(N2CCCC(C(F)(F)F)C2)n1. The fraction of sp³-hybridized carbons (Fsp3) is 0.714. The zero-order valence-electron chi connectivity index (χ0n) is 12.3. The smallest absolute Gasteiger partial charge is 0.356 e. The van der Waals surface area contributed by atoms with E-state index in [1.807, 2.05) is 20.8 Å². The molecule has 0 saturated carbocycles. The zero-order chi connectivity index (χ0) is 15.8. The summed E-state index contributed by atoms with van der Waals surface area (Å²) in [4.78, 5) is 10.2. The van der Waals surface area contributed by atoms with Crippen LogP contribution in [0.2, 0.25) is 5.15 Å². The van der Waals surface area contributed by atoms with E-state index < -0.39 is 12.1 Å². The van der Waals surface area contributed by atoms with Gasteiger partial charge < -0.3 is 4.90 Å². The third-order valence-electron chi connectivity index (χ3n) is 3.56. The van der Waals surface area contributed by atoms with Gasteiger partial charge in [0.25, 0.3) is 0 Å². The van der Waals surface area contributed by atoms with Gasteiger partial charge in [-0.25, -0.2) is 9.97 Å². The van der Waals surface area contributed by atoms with Crippen LogP contribution >= 0.6 is 11.6 Å². The monoisotopic (exact) mass is 321 g/mol. The third-order valence-corrected chi connectivity index (χ3v) is 3.75. The van der Waals surface area contributed by atoms with E-state index in [-0.39, 0.29) is 23.5 Å². The summed E-state index contributed by atoms with van der Waals surface area (Å²) in [5.74, 6) is -0.286. The van der Waals surface area contributed by atoms with Gasteiger partial charge in [0, 0.05) is 24.6 Å². The topological polar surface area (TPSA) is 29.0 Å². The van der Waals surface area contributed by atoms with Crippen molar-refractivity contribution < 1.29 is 13.2 Å². The third kappa shape index (κ3) is 3.99. The molecule has 1 aliphatic heterocycles. The minimum atomic E-state index is -4.16. The second-order valence-electron chi connectivity index (χ2n) is 6.45. The fourth-order valence-corrected chi connectivity index (χ4v) is 2.53. The molecule has 7 heteroatoms. The first-order chi connectivity index (χ1) is 9.57. The van der Waals surface area contributed by atoms with Gasteiger partial charge in [0.05, 0.1) is 5.92 Å². The molecule has 1 aromatic rings. The molecule has 0 N–H and O–H groups in total. The average molecular weight is 322 g/mol. The lowest BCUT2D eigenvalue weighted by Gasteiger charge is -2.35. The van der Waals surface area contributed by atoms with Crippen LogP contribution in [0.3, 0.4) is 0 Å². The van der Waals surface area contributed by atoms with Gasteiger partial charge in [-0.2, -0.15) is 13.2 Å². The molecule has 0 aromatic carbocycles. The Morgan fingerprint density at radius 2 is 1.90 bits per heavy atom. The summed E-state index contributed by atoms with van der Waals surface area (Å²) in [7, 11) is 0. The van der Waals surface area contributed by atoms with Crippen LogP contribution < -0.4 is 4.90 Å². The van der Waals surface area contributed by atoms with E-state index in [0.29, 0.717) is 24.6 Å². The predicted molar refractivity (Wildman–Crippen MR) is 76.7 cm³/mol. The quantitative estimate of drug-likeness (QED) is 0.726. The van der Waals surface area contributed by atoms with E-state index in [4.69, 9.17) is 11.6 Å². The highest BCUT2D eigenvalue weighted by Crippen LogP contribution is 2.35. The first-order valence-electron chi connectivity index (χ1n) is 6.94. The highest BCUT2D eigenvalue weighted by molar-refractivity contribution is 6.29. The predicted octanol–water partition coefficient (Wildman–Crippen LogP) is 4.21. The number of hydrogen-bond acceptors (Lipinski definition) is 3. The standard InChI is InChI=1S/C14H19ClF3N3/c1-13(2,3)12-19-10(15)7-11(20-12)21-6-4-5-9(8-21)14(16,17)18/h7,9H,4-6,8H2,1-3H3. The van der Waals surface area contributed by atoms with Crippen molar-refractivity contribution >= 4 is 17.4 Å². The molecule has 1 fully saturated rings. The molecule has 0 spiro atoms. The van der Waals surface area contributed by atoms with Gasteiger partial charge in [0.2, 0.25) is 0 Å². The number of anilines is 1. The summed E-state index contributed by atoms with van der Waals surface area (Å²) >= 11 is 6.00. The Bertz CT molecular complexity index is 511. The van der Waals surface area contributed by atoms with Crippen molar-refractivity contribution in [3.8, 4) is 0 Å². The number of nitrogens with zero attached hydrogens (tertiary/aromatic N) is 3. The van der Waals surface area contributed by atoms with Gasteiger partial charge in [-0.3, -0.25) is 0 Å². The minimum absolute atomic E-state index is 0.0690. The maximum absolute atomic E-state index is 12.9. The zero-order valence-corrected chi connectivity index (χ0v) is 13.1. The number of hydrogen-bond donors (Lipinski definition) is 0. The normalized spacial score (nSPS) is 20.7.